The van der Waals surface area contributed by atoms with E-state index in [2.05, 4.69) is 21.2 Å². The summed E-state index contributed by atoms with van der Waals surface area (Å²) in [5, 5.41) is 12.7. The third-order valence-corrected chi connectivity index (χ3v) is 2.48. The number of alkyl halides is 1. The number of aromatic hydroxyl groups is 1. The minimum Gasteiger partial charge on any atom is -0.508 e. The number of amides is 1. The van der Waals surface area contributed by atoms with Gasteiger partial charge in [0.05, 0.1) is 0 Å². The molecule has 4 nitrogen and oxygen atoms in total. The van der Waals surface area contributed by atoms with Gasteiger partial charge in [-0.25, -0.2) is 4.79 Å². The summed E-state index contributed by atoms with van der Waals surface area (Å²) in [5.41, 5.74) is 0.725. The molecule has 1 aromatic carbocycles. The molecular formula is C12H16BrNO3. The summed E-state index contributed by atoms with van der Waals surface area (Å²) in [6.45, 7) is 5.37. The van der Waals surface area contributed by atoms with Crippen LogP contribution in [0.3, 0.4) is 0 Å². The summed E-state index contributed by atoms with van der Waals surface area (Å²) in [7, 11) is 0. The van der Waals surface area contributed by atoms with E-state index in [1.165, 1.54) is 6.07 Å². The average Bonchev–Trinajstić information content (AvgIpc) is 2.14. The van der Waals surface area contributed by atoms with Crippen molar-refractivity contribution < 1.29 is 14.6 Å². The monoisotopic (exact) mass is 301 g/mol. The molecule has 0 radical (unpaired) electrons. The average molecular weight is 302 g/mol. The second kappa shape index (κ2) is 5.40. The zero-order valence-corrected chi connectivity index (χ0v) is 11.7. The number of ether oxygens (including phenoxy) is 1. The van der Waals surface area contributed by atoms with Gasteiger partial charge in [0.15, 0.2) is 0 Å². The Morgan fingerprint density at radius 1 is 1.47 bits per heavy atom. The fourth-order valence-corrected chi connectivity index (χ4v) is 1.65. The van der Waals surface area contributed by atoms with Crippen molar-refractivity contribution in [3.05, 3.63) is 23.8 Å². The first-order valence-electron chi connectivity index (χ1n) is 5.19. The van der Waals surface area contributed by atoms with E-state index in [1.54, 1.807) is 32.9 Å². The predicted molar refractivity (Wildman–Crippen MR) is 70.6 cm³/mol. The standard InChI is InChI=1S/C12H16BrNO3/c1-12(2,3)17-11(16)14-9-5-4-8(7-13)10(15)6-9/h4-6,15H,7H2,1-3H3,(H,14,16). The molecule has 2 N–H and O–H groups in total. The molecule has 0 heterocycles. The quantitative estimate of drug-likeness (QED) is 0.820. The molecule has 0 bridgehead atoms. The molecule has 1 aromatic rings. The Bertz CT molecular complexity index is 413. The van der Waals surface area contributed by atoms with Gasteiger partial charge in [-0.1, -0.05) is 22.0 Å². The van der Waals surface area contributed by atoms with Crippen molar-refractivity contribution >= 4 is 27.7 Å². The summed E-state index contributed by atoms with van der Waals surface area (Å²) in [4.78, 5) is 11.5. The molecule has 0 saturated heterocycles. The van der Waals surface area contributed by atoms with Crippen LogP contribution in [0.2, 0.25) is 0 Å². The SMILES string of the molecule is CC(C)(C)OC(=O)Nc1ccc(CBr)c(O)c1. The smallest absolute Gasteiger partial charge is 0.412 e. The molecular weight excluding hydrogens is 286 g/mol. The number of hydrogen-bond donors (Lipinski definition) is 2. The van der Waals surface area contributed by atoms with Gasteiger partial charge in [-0.05, 0) is 26.8 Å². The fraction of sp³-hybridized carbons (Fsp3) is 0.417. The van der Waals surface area contributed by atoms with E-state index in [9.17, 15) is 9.90 Å². The lowest BCUT2D eigenvalue weighted by Crippen LogP contribution is -2.27. The van der Waals surface area contributed by atoms with Crippen LogP contribution in [-0.2, 0) is 10.1 Å². The Kier molecular flexibility index (Phi) is 4.40. The lowest BCUT2D eigenvalue weighted by molar-refractivity contribution is 0.0636. The van der Waals surface area contributed by atoms with Crippen molar-refractivity contribution in [2.45, 2.75) is 31.7 Å². The molecule has 0 aliphatic rings. The second-order valence-electron chi connectivity index (χ2n) is 4.60. The zero-order valence-electron chi connectivity index (χ0n) is 10.1. The van der Waals surface area contributed by atoms with Crippen LogP contribution in [0.15, 0.2) is 18.2 Å². The highest BCUT2D eigenvalue weighted by atomic mass is 79.9. The normalized spacial score (nSPS) is 11.1. The third-order valence-electron chi connectivity index (χ3n) is 1.87. The number of phenolic OH excluding ortho intramolecular Hbond substituents is 1. The molecule has 0 saturated carbocycles. The molecule has 0 aliphatic carbocycles. The topological polar surface area (TPSA) is 58.6 Å². The van der Waals surface area contributed by atoms with Crippen molar-refractivity contribution in [3.63, 3.8) is 0 Å². The number of benzene rings is 1. The Hall–Kier alpha value is -1.23. The van der Waals surface area contributed by atoms with Gasteiger partial charge >= 0.3 is 6.09 Å². The largest absolute Gasteiger partial charge is 0.508 e. The van der Waals surface area contributed by atoms with Crippen molar-refractivity contribution in [2.75, 3.05) is 5.32 Å². The van der Waals surface area contributed by atoms with Crippen molar-refractivity contribution in [3.8, 4) is 5.75 Å². The third kappa shape index (κ3) is 4.65. The first kappa shape index (κ1) is 13.8. The van der Waals surface area contributed by atoms with Crippen LogP contribution < -0.4 is 5.32 Å². The van der Waals surface area contributed by atoms with Gasteiger partial charge < -0.3 is 9.84 Å². The number of hydrogen-bond acceptors (Lipinski definition) is 3. The van der Waals surface area contributed by atoms with Crippen LogP contribution in [0, 0.1) is 0 Å². The van der Waals surface area contributed by atoms with Crippen molar-refractivity contribution in [2.24, 2.45) is 0 Å². The van der Waals surface area contributed by atoms with E-state index in [0.29, 0.717) is 11.0 Å². The highest BCUT2D eigenvalue weighted by molar-refractivity contribution is 9.08. The van der Waals surface area contributed by atoms with Crippen LogP contribution in [0.4, 0.5) is 10.5 Å². The molecule has 94 valence electrons. The number of carbonyl (C=O) groups is 1. The number of rotatable bonds is 2. The van der Waals surface area contributed by atoms with E-state index < -0.39 is 11.7 Å². The molecule has 0 spiro atoms. The van der Waals surface area contributed by atoms with E-state index in [-0.39, 0.29) is 5.75 Å². The number of nitrogens with one attached hydrogen (secondary N) is 1. The summed E-state index contributed by atoms with van der Waals surface area (Å²) in [6.07, 6.45) is -0.538. The summed E-state index contributed by atoms with van der Waals surface area (Å²) in [5.74, 6) is 0.135. The minimum absolute atomic E-state index is 0.135. The number of phenols is 1. The summed E-state index contributed by atoms with van der Waals surface area (Å²) < 4.78 is 5.10. The van der Waals surface area contributed by atoms with Crippen LogP contribution >= 0.6 is 15.9 Å². The van der Waals surface area contributed by atoms with Crippen LogP contribution in [0.25, 0.3) is 0 Å². The lowest BCUT2D eigenvalue weighted by Gasteiger charge is -2.19. The van der Waals surface area contributed by atoms with Gasteiger partial charge in [-0.15, -0.1) is 0 Å². The lowest BCUT2D eigenvalue weighted by atomic mass is 10.2. The van der Waals surface area contributed by atoms with Gasteiger partial charge in [-0.2, -0.15) is 0 Å². The Labute approximate surface area is 109 Å². The number of halogens is 1. The molecule has 0 aromatic heterocycles. The summed E-state index contributed by atoms with van der Waals surface area (Å²) in [6, 6.07) is 4.93. The van der Waals surface area contributed by atoms with Gasteiger partial charge in [0.2, 0.25) is 0 Å². The van der Waals surface area contributed by atoms with Crippen LogP contribution in [-0.4, -0.2) is 16.8 Å². The van der Waals surface area contributed by atoms with Crippen LogP contribution in [0.1, 0.15) is 26.3 Å². The summed E-state index contributed by atoms with van der Waals surface area (Å²) >= 11 is 3.25. The molecule has 17 heavy (non-hydrogen) atoms. The van der Waals surface area contributed by atoms with Crippen LogP contribution in [0.5, 0.6) is 5.75 Å². The fourth-order valence-electron chi connectivity index (χ4n) is 1.18. The molecule has 0 atom stereocenters. The van der Waals surface area contributed by atoms with Crippen molar-refractivity contribution in [1.29, 1.82) is 0 Å². The first-order chi connectivity index (χ1) is 7.81. The van der Waals surface area contributed by atoms with Gasteiger partial charge in [0, 0.05) is 22.6 Å². The predicted octanol–water partition coefficient (Wildman–Crippen LogP) is 3.63. The highest BCUT2D eigenvalue weighted by Gasteiger charge is 2.16. The van der Waals surface area contributed by atoms with Gasteiger partial charge in [-0.3, -0.25) is 5.32 Å². The second-order valence-corrected chi connectivity index (χ2v) is 5.16. The zero-order chi connectivity index (χ0) is 13.1. The Morgan fingerprint density at radius 2 is 2.12 bits per heavy atom. The minimum atomic E-state index is -0.540. The number of carbonyl (C=O) groups excluding carboxylic acids is 1. The molecule has 0 aliphatic heterocycles. The Morgan fingerprint density at radius 3 is 2.59 bits per heavy atom. The van der Waals surface area contributed by atoms with E-state index >= 15 is 0 Å². The molecule has 1 amide bonds. The molecule has 0 fully saturated rings. The maximum atomic E-state index is 11.5. The highest BCUT2D eigenvalue weighted by Crippen LogP contribution is 2.24. The molecule has 1 rings (SSSR count). The van der Waals surface area contributed by atoms with Gasteiger partial charge in [0.1, 0.15) is 11.4 Å². The van der Waals surface area contributed by atoms with Gasteiger partial charge in [0.25, 0.3) is 0 Å². The maximum Gasteiger partial charge on any atom is 0.412 e. The van der Waals surface area contributed by atoms with E-state index in [4.69, 9.17) is 4.74 Å². The van der Waals surface area contributed by atoms with E-state index in [0.717, 1.165) is 5.56 Å². The van der Waals surface area contributed by atoms with E-state index in [1.807, 2.05) is 0 Å². The molecule has 5 heteroatoms. The Balaban J connectivity index is 2.69. The maximum absolute atomic E-state index is 11.5. The number of anilines is 1. The molecule has 0 unspecified atom stereocenters. The first-order valence-corrected chi connectivity index (χ1v) is 6.32. The van der Waals surface area contributed by atoms with Crippen molar-refractivity contribution in [1.82, 2.24) is 0 Å².